The van der Waals surface area contributed by atoms with Gasteiger partial charge < -0.3 is 10.6 Å². The number of rotatable bonds is 5. The topological polar surface area (TPSA) is 88.9 Å². The predicted octanol–water partition coefficient (Wildman–Crippen LogP) is 2.40. The summed E-state index contributed by atoms with van der Waals surface area (Å²) in [6.45, 7) is -0.168. The van der Waals surface area contributed by atoms with Crippen LogP contribution in [0.4, 0.5) is 5.69 Å². The number of hydrogen-bond donors (Lipinski definition) is 2. The van der Waals surface area contributed by atoms with E-state index in [0.29, 0.717) is 5.69 Å². The van der Waals surface area contributed by atoms with Gasteiger partial charge in [-0.1, -0.05) is 30.3 Å². The summed E-state index contributed by atoms with van der Waals surface area (Å²) in [6, 6.07) is 16.5. The highest BCUT2D eigenvalue weighted by Gasteiger charge is 2.13. The molecular formula is C17H14BrN5O2. The van der Waals surface area contributed by atoms with Gasteiger partial charge in [-0.3, -0.25) is 9.59 Å². The third-order valence-electron chi connectivity index (χ3n) is 3.27. The van der Waals surface area contributed by atoms with E-state index in [-0.39, 0.29) is 18.1 Å². The van der Waals surface area contributed by atoms with Gasteiger partial charge in [-0.05, 0) is 40.2 Å². The molecule has 3 rings (SSSR count). The van der Waals surface area contributed by atoms with Crippen LogP contribution in [0.2, 0.25) is 0 Å². The number of hydrogen-bond acceptors (Lipinski definition) is 4. The van der Waals surface area contributed by atoms with E-state index in [0.717, 1.165) is 10.2 Å². The van der Waals surface area contributed by atoms with Gasteiger partial charge in [0.15, 0.2) is 5.69 Å². The monoisotopic (exact) mass is 399 g/mol. The van der Waals surface area contributed by atoms with Crippen LogP contribution in [0.3, 0.4) is 0 Å². The van der Waals surface area contributed by atoms with Crippen molar-refractivity contribution in [3.05, 3.63) is 71.0 Å². The zero-order valence-corrected chi connectivity index (χ0v) is 14.6. The Morgan fingerprint density at radius 1 is 1.04 bits per heavy atom. The maximum atomic E-state index is 12.1. The first-order chi connectivity index (χ1) is 12.1. The second-order valence-corrected chi connectivity index (χ2v) is 5.92. The minimum Gasteiger partial charge on any atom is -0.342 e. The lowest BCUT2D eigenvalue weighted by Crippen LogP contribution is -2.33. The van der Waals surface area contributed by atoms with Crippen LogP contribution in [-0.4, -0.2) is 33.4 Å². The van der Waals surface area contributed by atoms with Gasteiger partial charge in [0.1, 0.15) is 0 Å². The van der Waals surface area contributed by atoms with Crippen LogP contribution in [0.5, 0.6) is 0 Å². The van der Waals surface area contributed by atoms with E-state index < -0.39 is 5.91 Å². The summed E-state index contributed by atoms with van der Waals surface area (Å²) in [7, 11) is 0. The average Bonchev–Trinajstić information content (AvgIpc) is 3.13. The quantitative estimate of drug-likeness (QED) is 0.689. The van der Waals surface area contributed by atoms with Crippen LogP contribution in [-0.2, 0) is 4.79 Å². The van der Waals surface area contributed by atoms with Gasteiger partial charge in [0.05, 0.1) is 24.1 Å². The third kappa shape index (κ3) is 4.30. The van der Waals surface area contributed by atoms with Gasteiger partial charge in [-0.15, -0.1) is 5.10 Å². The Morgan fingerprint density at radius 3 is 2.52 bits per heavy atom. The minimum atomic E-state index is -0.468. The van der Waals surface area contributed by atoms with Crippen molar-refractivity contribution >= 4 is 33.4 Å². The lowest BCUT2D eigenvalue weighted by atomic mass is 10.3. The average molecular weight is 400 g/mol. The van der Waals surface area contributed by atoms with Gasteiger partial charge in [-0.2, -0.15) is 9.90 Å². The van der Waals surface area contributed by atoms with Crippen molar-refractivity contribution in [2.75, 3.05) is 11.9 Å². The Hall–Kier alpha value is -3.00. The van der Waals surface area contributed by atoms with E-state index >= 15 is 0 Å². The van der Waals surface area contributed by atoms with Gasteiger partial charge in [0, 0.05) is 4.47 Å². The van der Waals surface area contributed by atoms with Gasteiger partial charge in [0.2, 0.25) is 5.91 Å². The summed E-state index contributed by atoms with van der Waals surface area (Å²) in [5.74, 6) is -0.805. The summed E-state index contributed by atoms with van der Waals surface area (Å²) in [5, 5.41) is 13.4. The Kier molecular flexibility index (Phi) is 5.20. The van der Waals surface area contributed by atoms with Gasteiger partial charge in [-0.25, -0.2) is 0 Å². The summed E-state index contributed by atoms with van der Waals surface area (Å²) in [4.78, 5) is 25.4. The van der Waals surface area contributed by atoms with Crippen LogP contribution in [0.1, 0.15) is 10.5 Å². The molecule has 126 valence electrons. The van der Waals surface area contributed by atoms with Crippen molar-refractivity contribution in [2.24, 2.45) is 0 Å². The Labute approximate surface area is 152 Å². The molecule has 0 aliphatic heterocycles. The molecule has 2 amide bonds. The van der Waals surface area contributed by atoms with E-state index in [1.54, 1.807) is 12.1 Å². The van der Waals surface area contributed by atoms with Crippen LogP contribution in [0.15, 0.2) is 65.3 Å². The number of halogens is 1. The van der Waals surface area contributed by atoms with Crippen molar-refractivity contribution < 1.29 is 9.59 Å². The first-order valence-corrected chi connectivity index (χ1v) is 8.23. The molecule has 0 atom stereocenters. The Bertz CT molecular complexity index is 895. The standard InChI is InChI=1S/C17H14BrN5O2/c18-13-8-4-5-9-14(13)21-16(24)11-19-17(25)15-10-20-23(22-15)12-6-2-1-3-7-12/h1-10H,11H2,(H,19,25)(H,21,24). The molecule has 0 saturated heterocycles. The number of benzene rings is 2. The van der Waals surface area contributed by atoms with Gasteiger partial charge in [0.25, 0.3) is 5.91 Å². The van der Waals surface area contributed by atoms with Gasteiger partial charge >= 0.3 is 0 Å². The lowest BCUT2D eigenvalue weighted by Gasteiger charge is -2.07. The molecule has 0 aliphatic rings. The SMILES string of the molecule is O=C(CNC(=O)c1cnn(-c2ccccc2)n1)Nc1ccccc1Br. The maximum absolute atomic E-state index is 12.1. The zero-order valence-electron chi connectivity index (χ0n) is 13.0. The number of nitrogens with one attached hydrogen (secondary N) is 2. The maximum Gasteiger partial charge on any atom is 0.273 e. The molecule has 2 N–H and O–H groups in total. The molecule has 3 aromatic rings. The van der Waals surface area contributed by atoms with Crippen molar-refractivity contribution in [1.82, 2.24) is 20.3 Å². The summed E-state index contributed by atoms with van der Waals surface area (Å²) in [6.07, 6.45) is 1.36. The van der Waals surface area contributed by atoms with Crippen LogP contribution >= 0.6 is 15.9 Å². The van der Waals surface area contributed by atoms with E-state index in [1.165, 1.54) is 11.0 Å². The molecular weight excluding hydrogens is 386 g/mol. The second kappa shape index (κ2) is 7.71. The highest BCUT2D eigenvalue weighted by Crippen LogP contribution is 2.20. The molecule has 0 saturated carbocycles. The highest BCUT2D eigenvalue weighted by molar-refractivity contribution is 9.10. The van der Waals surface area contributed by atoms with Crippen LogP contribution in [0, 0.1) is 0 Å². The molecule has 0 bridgehead atoms. The minimum absolute atomic E-state index is 0.137. The van der Waals surface area contributed by atoms with Crippen LogP contribution < -0.4 is 10.6 Å². The van der Waals surface area contributed by atoms with Crippen molar-refractivity contribution in [3.8, 4) is 5.69 Å². The number of nitrogens with zero attached hydrogens (tertiary/aromatic N) is 3. The molecule has 7 nitrogen and oxygen atoms in total. The van der Waals surface area contributed by atoms with E-state index in [2.05, 4.69) is 36.8 Å². The molecule has 0 aliphatic carbocycles. The zero-order chi connectivity index (χ0) is 17.6. The molecule has 1 heterocycles. The lowest BCUT2D eigenvalue weighted by molar-refractivity contribution is -0.115. The first-order valence-electron chi connectivity index (χ1n) is 7.44. The summed E-state index contributed by atoms with van der Waals surface area (Å²) < 4.78 is 0.764. The number of carbonyl (C=O) groups excluding carboxylic acids is 2. The number of para-hydroxylation sites is 2. The van der Waals surface area contributed by atoms with E-state index in [9.17, 15) is 9.59 Å². The molecule has 0 spiro atoms. The van der Waals surface area contributed by atoms with E-state index in [4.69, 9.17) is 0 Å². The number of amides is 2. The molecule has 0 radical (unpaired) electrons. The van der Waals surface area contributed by atoms with Crippen LogP contribution in [0.25, 0.3) is 5.69 Å². The Balaban J connectivity index is 1.57. The molecule has 0 unspecified atom stereocenters. The summed E-state index contributed by atoms with van der Waals surface area (Å²) >= 11 is 3.34. The number of aromatic nitrogens is 3. The molecule has 8 heteroatoms. The normalized spacial score (nSPS) is 10.3. The molecule has 25 heavy (non-hydrogen) atoms. The molecule has 1 aromatic heterocycles. The highest BCUT2D eigenvalue weighted by atomic mass is 79.9. The second-order valence-electron chi connectivity index (χ2n) is 5.07. The fourth-order valence-corrected chi connectivity index (χ4v) is 2.44. The largest absolute Gasteiger partial charge is 0.342 e. The first kappa shape index (κ1) is 16.8. The third-order valence-corrected chi connectivity index (χ3v) is 3.96. The number of carbonyl (C=O) groups is 2. The summed E-state index contributed by atoms with van der Waals surface area (Å²) in [5.41, 5.74) is 1.52. The van der Waals surface area contributed by atoms with Crippen molar-refractivity contribution in [2.45, 2.75) is 0 Å². The molecule has 0 fully saturated rings. The Morgan fingerprint density at radius 2 is 1.76 bits per heavy atom. The van der Waals surface area contributed by atoms with Crippen molar-refractivity contribution in [3.63, 3.8) is 0 Å². The smallest absolute Gasteiger partial charge is 0.273 e. The fourth-order valence-electron chi connectivity index (χ4n) is 2.06. The molecule has 2 aromatic carbocycles. The van der Waals surface area contributed by atoms with Crippen molar-refractivity contribution in [1.29, 1.82) is 0 Å². The number of anilines is 1. The fraction of sp³-hybridized carbons (Fsp3) is 0.0588. The predicted molar refractivity (Wildman–Crippen MR) is 96.5 cm³/mol. The van der Waals surface area contributed by atoms with E-state index in [1.807, 2.05) is 42.5 Å².